The number of carbonyl (C=O) groups is 1. The zero-order chi connectivity index (χ0) is 8.55. The van der Waals surface area contributed by atoms with E-state index in [0.717, 1.165) is 17.6 Å². The van der Waals surface area contributed by atoms with Gasteiger partial charge in [-0.1, -0.05) is 0 Å². The van der Waals surface area contributed by atoms with Crippen LogP contribution in [0.5, 0.6) is 0 Å². The highest BCUT2D eigenvalue weighted by Gasteiger charge is 2.31. The molecule has 0 aromatic carbocycles. The minimum Gasteiger partial charge on any atom is -0.497 e. The van der Waals surface area contributed by atoms with Crippen LogP contribution in [-0.2, 0) is 14.3 Å². The second-order valence-corrected chi connectivity index (χ2v) is 2.95. The van der Waals surface area contributed by atoms with Crippen LogP contribution in [0.3, 0.4) is 0 Å². The molecule has 1 atom stereocenters. The van der Waals surface area contributed by atoms with Gasteiger partial charge in [-0.3, -0.25) is 0 Å². The van der Waals surface area contributed by atoms with Gasteiger partial charge in [0.15, 0.2) is 6.10 Å². The summed E-state index contributed by atoms with van der Waals surface area (Å²) in [5.41, 5.74) is 1.81. The monoisotopic (exact) mass is 166 g/mol. The van der Waals surface area contributed by atoms with Crippen LogP contribution in [0.15, 0.2) is 23.5 Å². The zero-order valence-corrected chi connectivity index (χ0v) is 6.87. The first-order valence-electron chi connectivity index (χ1n) is 3.96. The Labute approximate surface area is 70.7 Å². The fourth-order valence-corrected chi connectivity index (χ4v) is 1.47. The molecule has 0 saturated carbocycles. The molecule has 1 unspecified atom stereocenters. The quantitative estimate of drug-likeness (QED) is 0.506. The van der Waals surface area contributed by atoms with Crippen molar-refractivity contribution < 1.29 is 14.3 Å². The van der Waals surface area contributed by atoms with Gasteiger partial charge in [-0.05, 0) is 25.0 Å². The van der Waals surface area contributed by atoms with Crippen molar-refractivity contribution in [2.75, 3.05) is 6.61 Å². The minimum absolute atomic E-state index is 0.146. The smallest absolute Gasteiger partial charge is 0.334 e. The van der Waals surface area contributed by atoms with Crippen molar-refractivity contribution in [3.05, 3.63) is 23.5 Å². The predicted octanol–water partition coefficient (Wildman–Crippen LogP) is 1.16. The summed E-state index contributed by atoms with van der Waals surface area (Å²) in [5, 5.41) is 0. The number of hydrogen-bond donors (Lipinski definition) is 0. The van der Waals surface area contributed by atoms with Gasteiger partial charge in [-0.25, -0.2) is 4.79 Å². The molecular formula is C9H10O3. The number of ether oxygens (including phenoxy) is 2. The highest BCUT2D eigenvalue weighted by atomic mass is 16.6. The molecule has 2 heterocycles. The van der Waals surface area contributed by atoms with E-state index in [1.807, 2.05) is 6.08 Å². The van der Waals surface area contributed by atoms with Gasteiger partial charge in [-0.2, -0.15) is 0 Å². The number of esters is 1. The van der Waals surface area contributed by atoms with Crippen molar-refractivity contribution in [3.63, 3.8) is 0 Å². The molecule has 64 valence electrons. The van der Waals surface area contributed by atoms with Gasteiger partial charge in [0.1, 0.15) is 6.61 Å². The average molecular weight is 166 g/mol. The Morgan fingerprint density at radius 1 is 1.58 bits per heavy atom. The van der Waals surface area contributed by atoms with Crippen molar-refractivity contribution in [2.45, 2.75) is 19.4 Å². The van der Waals surface area contributed by atoms with E-state index in [1.165, 1.54) is 0 Å². The lowest BCUT2D eigenvalue weighted by Crippen LogP contribution is -2.16. The zero-order valence-electron chi connectivity index (χ0n) is 6.87. The van der Waals surface area contributed by atoms with E-state index >= 15 is 0 Å². The van der Waals surface area contributed by atoms with Crippen molar-refractivity contribution in [2.24, 2.45) is 0 Å². The third kappa shape index (κ3) is 1.02. The maximum Gasteiger partial charge on any atom is 0.334 e. The van der Waals surface area contributed by atoms with Gasteiger partial charge in [0.25, 0.3) is 0 Å². The highest BCUT2D eigenvalue weighted by molar-refractivity contribution is 5.91. The first-order chi connectivity index (χ1) is 5.79. The molecule has 0 aromatic rings. The molecule has 3 heteroatoms. The summed E-state index contributed by atoms with van der Waals surface area (Å²) in [6.45, 7) is 2.26. The number of rotatable bonds is 0. The maximum atomic E-state index is 11.1. The van der Waals surface area contributed by atoms with Crippen LogP contribution in [0, 0.1) is 0 Å². The summed E-state index contributed by atoms with van der Waals surface area (Å²) < 4.78 is 10.2. The molecule has 0 aliphatic carbocycles. The van der Waals surface area contributed by atoms with Crippen molar-refractivity contribution in [3.8, 4) is 0 Å². The van der Waals surface area contributed by atoms with E-state index in [1.54, 1.807) is 13.2 Å². The van der Waals surface area contributed by atoms with E-state index < -0.39 is 0 Å². The van der Waals surface area contributed by atoms with Crippen LogP contribution < -0.4 is 0 Å². The van der Waals surface area contributed by atoms with Crippen molar-refractivity contribution in [1.82, 2.24) is 0 Å². The van der Waals surface area contributed by atoms with Crippen LogP contribution >= 0.6 is 0 Å². The van der Waals surface area contributed by atoms with Crippen LogP contribution in [0.2, 0.25) is 0 Å². The molecule has 0 aromatic heterocycles. The van der Waals surface area contributed by atoms with Gasteiger partial charge in [-0.15, -0.1) is 0 Å². The Morgan fingerprint density at radius 2 is 2.42 bits per heavy atom. The standard InChI is InChI=1S/C9H10O3/c1-6-7-3-2-4-11-5-8(7)12-9(6)10/h2,4,8H,3,5H2,1H3. The van der Waals surface area contributed by atoms with E-state index in [4.69, 9.17) is 9.47 Å². The van der Waals surface area contributed by atoms with E-state index in [9.17, 15) is 4.79 Å². The van der Waals surface area contributed by atoms with Gasteiger partial charge >= 0.3 is 5.97 Å². The van der Waals surface area contributed by atoms with E-state index in [0.29, 0.717) is 6.61 Å². The summed E-state index contributed by atoms with van der Waals surface area (Å²) in [6, 6.07) is 0. The normalized spacial score (nSPS) is 27.8. The minimum atomic E-state index is -0.200. The second kappa shape index (κ2) is 2.66. The summed E-state index contributed by atoms with van der Waals surface area (Å²) >= 11 is 0. The molecule has 0 bridgehead atoms. The number of fused-ring (bicyclic) bond motifs is 1. The summed E-state index contributed by atoms with van der Waals surface area (Å²) in [5.74, 6) is -0.200. The Hall–Kier alpha value is -1.25. The Kier molecular flexibility index (Phi) is 1.64. The summed E-state index contributed by atoms with van der Waals surface area (Å²) in [6.07, 6.45) is 4.18. The Balaban J connectivity index is 2.31. The summed E-state index contributed by atoms with van der Waals surface area (Å²) in [4.78, 5) is 11.1. The Bertz CT molecular complexity index is 275. The lowest BCUT2D eigenvalue weighted by molar-refractivity contribution is -0.141. The molecule has 2 aliphatic heterocycles. The first kappa shape index (κ1) is 7.40. The molecule has 0 fully saturated rings. The highest BCUT2D eigenvalue weighted by Crippen LogP contribution is 2.27. The van der Waals surface area contributed by atoms with Gasteiger partial charge < -0.3 is 9.47 Å². The van der Waals surface area contributed by atoms with Gasteiger partial charge in [0, 0.05) is 5.57 Å². The van der Waals surface area contributed by atoms with Crippen molar-refractivity contribution >= 4 is 5.97 Å². The van der Waals surface area contributed by atoms with Crippen LogP contribution in [0.1, 0.15) is 13.3 Å². The molecule has 0 saturated heterocycles. The molecule has 0 N–H and O–H groups in total. The van der Waals surface area contributed by atoms with Gasteiger partial charge in [0.05, 0.1) is 6.26 Å². The first-order valence-corrected chi connectivity index (χ1v) is 3.96. The third-order valence-corrected chi connectivity index (χ3v) is 2.20. The summed E-state index contributed by atoms with van der Waals surface area (Å²) in [7, 11) is 0. The number of carbonyl (C=O) groups excluding carboxylic acids is 1. The molecular weight excluding hydrogens is 156 g/mol. The fraction of sp³-hybridized carbons (Fsp3) is 0.444. The average Bonchev–Trinajstić information content (AvgIpc) is 2.30. The Morgan fingerprint density at radius 3 is 3.25 bits per heavy atom. The van der Waals surface area contributed by atoms with Crippen LogP contribution in [-0.4, -0.2) is 18.7 Å². The molecule has 0 amide bonds. The molecule has 0 radical (unpaired) electrons. The topological polar surface area (TPSA) is 35.5 Å². The van der Waals surface area contributed by atoms with Crippen LogP contribution in [0.4, 0.5) is 0 Å². The van der Waals surface area contributed by atoms with E-state index in [2.05, 4.69) is 0 Å². The fourth-order valence-electron chi connectivity index (χ4n) is 1.47. The van der Waals surface area contributed by atoms with E-state index in [-0.39, 0.29) is 12.1 Å². The largest absolute Gasteiger partial charge is 0.497 e. The predicted molar refractivity (Wildman–Crippen MR) is 42.3 cm³/mol. The van der Waals surface area contributed by atoms with Gasteiger partial charge in [0.2, 0.25) is 0 Å². The molecule has 3 nitrogen and oxygen atoms in total. The lowest BCUT2D eigenvalue weighted by atomic mass is 10.0. The lowest BCUT2D eigenvalue weighted by Gasteiger charge is -2.09. The van der Waals surface area contributed by atoms with Crippen LogP contribution in [0.25, 0.3) is 0 Å². The van der Waals surface area contributed by atoms with Crippen molar-refractivity contribution in [1.29, 1.82) is 0 Å². The maximum absolute atomic E-state index is 11.1. The second-order valence-electron chi connectivity index (χ2n) is 2.95. The molecule has 12 heavy (non-hydrogen) atoms. The molecule has 2 aliphatic rings. The third-order valence-electron chi connectivity index (χ3n) is 2.20. The number of allylic oxidation sites excluding steroid dienone is 1. The SMILES string of the molecule is CC1=C2CC=COCC2OC1=O. The molecule has 2 rings (SSSR count). The molecule has 0 spiro atoms. The number of hydrogen-bond acceptors (Lipinski definition) is 3.